The summed E-state index contributed by atoms with van der Waals surface area (Å²) in [6.07, 6.45) is -0.835. The second kappa shape index (κ2) is 10.5. The Balaban J connectivity index is 1.45. The van der Waals surface area contributed by atoms with Gasteiger partial charge in [0.05, 0.1) is 35.9 Å². The van der Waals surface area contributed by atoms with Crippen LogP contribution >= 0.6 is 0 Å². The van der Waals surface area contributed by atoms with Crippen LogP contribution in [0.25, 0.3) is 5.57 Å². The maximum absolute atomic E-state index is 13.3. The summed E-state index contributed by atoms with van der Waals surface area (Å²) in [6.45, 7) is 2.60. The van der Waals surface area contributed by atoms with E-state index in [1.54, 1.807) is 19.2 Å². The minimum atomic E-state index is -4.76. The number of fused-ring (bicyclic) bond motifs is 2. The molecule has 7 nitrogen and oxygen atoms in total. The predicted molar refractivity (Wildman–Crippen MR) is 134 cm³/mol. The molecule has 1 saturated heterocycles. The number of methoxy groups -OCH3 is 1. The number of alkyl halides is 3. The number of likely N-dealkylation sites (tertiary alicyclic amines) is 1. The summed E-state index contributed by atoms with van der Waals surface area (Å²) in [4.78, 5) is 14.8. The van der Waals surface area contributed by atoms with Gasteiger partial charge in [-0.1, -0.05) is 6.08 Å². The third kappa shape index (κ3) is 5.83. The molecule has 2 aromatic carbocycles. The first-order chi connectivity index (χ1) is 17.9. The Morgan fingerprint density at radius 2 is 1.95 bits per heavy atom. The molecule has 3 unspecified atom stereocenters. The number of nitrogens with one attached hydrogen (secondary N) is 1. The number of allylic oxidation sites excluding steroid dienone is 1. The van der Waals surface area contributed by atoms with Crippen molar-refractivity contribution in [2.45, 2.75) is 31.5 Å². The van der Waals surface area contributed by atoms with E-state index >= 15 is 0 Å². The first kappa shape index (κ1) is 27.2. The number of carbonyl (C=O) groups is 1. The zero-order chi connectivity index (χ0) is 27.7. The predicted octanol–water partition coefficient (Wildman–Crippen LogP) is 4.57. The van der Waals surface area contributed by atoms with Crippen molar-refractivity contribution in [3.05, 3.63) is 64.7 Å². The van der Waals surface area contributed by atoms with Gasteiger partial charge in [-0.15, -0.1) is 0 Å². The molecule has 2 N–H and O–H groups in total. The molecule has 0 radical (unpaired) electrons. The Bertz CT molecular complexity index is 1350. The molecule has 0 spiro atoms. The van der Waals surface area contributed by atoms with Crippen LogP contribution in [0.1, 0.15) is 42.0 Å². The van der Waals surface area contributed by atoms with Gasteiger partial charge in [-0.3, -0.25) is 9.69 Å². The highest BCUT2D eigenvalue weighted by atomic mass is 19.4. The van der Waals surface area contributed by atoms with Crippen molar-refractivity contribution in [1.82, 2.24) is 4.90 Å². The first-order valence-electron chi connectivity index (χ1n) is 12.1. The highest BCUT2D eigenvalue weighted by molar-refractivity contribution is 5.97. The van der Waals surface area contributed by atoms with Gasteiger partial charge in [0.2, 0.25) is 0 Å². The molecule has 10 heteroatoms. The number of rotatable bonds is 6. The van der Waals surface area contributed by atoms with E-state index < -0.39 is 28.8 Å². The van der Waals surface area contributed by atoms with Crippen molar-refractivity contribution in [2.24, 2.45) is 11.8 Å². The minimum Gasteiger partial charge on any atom is -0.496 e. The van der Waals surface area contributed by atoms with E-state index in [1.807, 2.05) is 11.0 Å². The highest BCUT2D eigenvalue weighted by Crippen LogP contribution is 2.41. The average Bonchev–Trinajstić information content (AvgIpc) is 2.86. The summed E-state index contributed by atoms with van der Waals surface area (Å²) in [6, 6.07) is 11.9. The molecule has 38 heavy (non-hydrogen) atoms. The van der Waals surface area contributed by atoms with Crippen molar-refractivity contribution >= 4 is 17.2 Å². The number of anilines is 1. The maximum Gasteiger partial charge on any atom is 0.417 e. The molecule has 4 rings (SSSR count). The summed E-state index contributed by atoms with van der Waals surface area (Å²) in [5.74, 6) is 0.276. The molecule has 1 aliphatic heterocycles. The molecule has 1 fully saturated rings. The topological polar surface area (TPSA) is 109 Å². The molecular weight excluding hydrogens is 497 g/mol. The molecule has 1 amide bonds. The number of halogens is 3. The quantitative estimate of drug-likeness (QED) is 0.573. The Labute approximate surface area is 218 Å². The fourth-order valence-electron chi connectivity index (χ4n) is 5.36. The summed E-state index contributed by atoms with van der Waals surface area (Å²) in [7, 11) is 1.57. The van der Waals surface area contributed by atoms with E-state index in [9.17, 15) is 23.1 Å². The number of piperidine rings is 1. The van der Waals surface area contributed by atoms with Crippen LogP contribution in [0.3, 0.4) is 0 Å². The summed E-state index contributed by atoms with van der Waals surface area (Å²) in [5, 5.41) is 31.4. The summed E-state index contributed by atoms with van der Waals surface area (Å²) < 4.78 is 45.3. The Morgan fingerprint density at radius 1 is 1.18 bits per heavy atom. The number of aliphatic hydroxyl groups is 1. The molecule has 0 saturated carbocycles. The molecule has 1 heterocycles. The third-order valence-corrected chi connectivity index (χ3v) is 6.99. The molecule has 1 aliphatic carbocycles. The fraction of sp³-hybridized carbons (Fsp3) is 0.393. The largest absolute Gasteiger partial charge is 0.496 e. The Morgan fingerprint density at radius 3 is 2.58 bits per heavy atom. The minimum absolute atomic E-state index is 0.0115. The van der Waals surface area contributed by atoms with Gasteiger partial charge in [0.25, 0.3) is 5.91 Å². The Kier molecular flexibility index (Phi) is 7.50. The highest BCUT2D eigenvalue weighted by Gasteiger charge is 2.39. The van der Waals surface area contributed by atoms with Crippen LogP contribution in [0.15, 0.2) is 42.5 Å². The van der Waals surface area contributed by atoms with Crippen LogP contribution in [-0.2, 0) is 11.0 Å². The van der Waals surface area contributed by atoms with Crippen molar-refractivity contribution in [3.8, 4) is 17.9 Å². The summed E-state index contributed by atoms with van der Waals surface area (Å²) in [5.41, 5.74) is -1.11. The third-order valence-electron chi connectivity index (χ3n) is 6.99. The SMILES string of the molecule is COc1cc(C#N)ccc1C1=CC2CC(C1)CN(CC(C)(O)C(=O)Nc1ccc(C#N)c(C(F)(F)F)c1)C2. The van der Waals surface area contributed by atoms with Crippen LogP contribution in [0.2, 0.25) is 0 Å². The molecular formula is C28H27F3N4O3. The lowest BCUT2D eigenvalue weighted by Gasteiger charge is -2.42. The lowest BCUT2D eigenvalue weighted by molar-refractivity contribution is -0.138. The van der Waals surface area contributed by atoms with Gasteiger partial charge in [-0.05, 0) is 73.6 Å². The van der Waals surface area contributed by atoms with Gasteiger partial charge >= 0.3 is 6.18 Å². The van der Waals surface area contributed by atoms with E-state index in [0.717, 1.165) is 30.0 Å². The van der Waals surface area contributed by atoms with Gasteiger partial charge in [0, 0.05) is 30.9 Å². The number of benzene rings is 2. The van der Waals surface area contributed by atoms with Gasteiger partial charge in [-0.2, -0.15) is 23.7 Å². The van der Waals surface area contributed by atoms with Gasteiger partial charge < -0.3 is 15.2 Å². The molecule has 2 bridgehead atoms. The van der Waals surface area contributed by atoms with Crippen LogP contribution in [0.5, 0.6) is 5.75 Å². The van der Waals surface area contributed by atoms with Crippen molar-refractivity contribution < 1.29 is 27.8 Å². The van der Waals surface area contributed by atoms with E-state index in [0.29, 0.717) is 30.5 Å². The zero-order valence-electron chi connectivity index (χ0n) is 21.0. The van der Waals surface area contributed by atoms with E-state index in [2.05, 4.69) is 17.5 Å². The van der Waals surface area contributed by atoms with Crippen molar-refractivity contribution in [2.75, 3.05) is 32.1 Å². The van der Waals surface area contributed by atoms with Crippen LogP contribution in [0, 0.1) is 34.5 Å². The number of hydrogen-bond acceptors (Lipinski definition) is 6. The van der Waals surface area contributed by atoms with Gasteiger partial charge in [0.1, 0.15) is 5.75 Å². The standard InChI is InChI=1S/C28H27F3N4O3/c1-27(37,26(36)34-22-5-4-20(13-33)24(11-22)28(29,30)31)16-35-14-18-7-19(15-35)9-21(8-18)23-6-3-17(12-32)10-25(23)38-2/h3-6,8,10-11,18-19,37H,7,9,14-16H2,1-2H3,(H,34,36). The zero-order valence-corrected chi connectivity index (χ0v) is 21.0. The number of β-amino-alcohol motifs (C(OH)–C–C–N with tert-alkyl or cyclic N) is 1. The smallest absolute Gasteiger partial charge is 0.417 e. The molecule has 2 aliphatic rings. The molecule has 3 atom stereocenters. The van der Waals surface area contributed by atoms with E-state index in [-0.39, 0.29) is 24.1 Å². The maximum atomic E-state index is 13.3. The fourth-order valence-corrected chi connectivity index (χ4v) is 5.36. The van der Waals surface area contributed by atoms with Gasteiger partial charge in [0.15, 0.2) is 5.60 Å². The second-order valence-electron chi connectivity index (χ2n) is 10.1. The second-order valence-corrected chi connectivity index (χ2v) is 10.1. The molecule has 0 aromatic heterocycles. The first-order valence-corrected chi connectivity index (χ1v) is 12.1. The number of hydrogen-bond donors (Lipinski definition) is 2. The number of ether oxygens (including phenoxy) is 1. The average molecular weight is 525 g/mol. The van der Waals surface area contributed by atoms with Crippen molar-refractivity contribution in [1.29, 1.82) is 10.5 Å². The Hall–Kier alpha value is -3.86. The molecule has 2 aromatic rings. The number of carbonyl (C=O) groups excluding carboxylic acids is 1. The summed E-state index contributed by atoms with van der Waals surface area (Å²) >= 11 is 0. The number of nitrogens with zero attached hydrogens (tertiary/aromatic N) is 3. The van der Waals surface area contributed by atoms with Crippen LogP contribution in [0.4, 0.5) is 18.9 Å². The molecule has 198 valence electrons. The number of amides is 1. The van der Waals surface area contributed by atoms with E-state index in [4.69, 9.17) is 15.3 Å². The lowest BCUT2D eigenvalue weighted by Crippen LogP contribution is -2.53. The number of nitriles is 2. The normalized spacial score (nSPS) is 20.9. The van der Waals surface area contributed by atoms with E-state index in [1.165, 1.54) is 19.1 Å². The van der Waals surface area contributed by atoms with Crippen LogP contribution < -0.4 is 10.1 Å². The van der Waals surface area contributed by atoms with Gasteiger partial charge in [-0.25, -0.2) is 0 Å². The monoisotopic (exact) mass is 524 g/mol. The van der Waals surface area contributed by atoms with Crippen molar-refractivity contribution in [3.63, 3.8) is 0 Å². The van der Waals surface area contributed by atoms with Crippen LogP contribution in [-0.4, -0.2) is 48.3 Å². The lowest BCUT2D eigenvalue weighted by atomic mass is 9.76.